The highest BCUT2D eigenvalue weighted by Crippen LogP contribution is 2.23. The van der Waals surface area contributed by atoms with E-state index in [-0.39, 0.29) is 6.10 Å². The molecule has 0 aliphatic carbocycles. The number of rotatable bonds is 4. The zero-order chi connectivity index (χ0) is 10.6. The number of nitrogens with two attached hydrogens (primary N) is 1. The largest absolute Gasteiger partial charge is 0.496 e. The molecule has 1 aromatic rings. The van der Waals surface area contributed by atoms with E-state index in [2.05, 4.69) is 0 Å². The Bertz CT molecular complexity index is 295. The van der Waals surface area contributed by atoms with Gasteiger partial charge in [0.15, 0.2) is 0 Å². The highest BCUT2D eigenvalue weighted by molar-refractivity contribution is 5.37. The molecule has 0 bridgehead atoms. The average molecular weight is 195 g/mol. The highest BCUT2D eigenvalue weighted by atomic mass is 16.5. The van der Waals surface area contributed by atoms with Crippen LogP contribution in [0.25, 0.3) is 0 Å². The van der Waals surface area contributed by atoms with Crippen molar-refractivity contribution in [3.8, 4) is 5.75 Å². The lowest BCUT2D eigenvalue weighted by Gasteiger charge is -2.14. The van der Waals surface area contributed by atoms with Crippen LogP contribution in [0.15, 0.2) is 18.2 Å². The molecule has 0 saturated carbocycles. The summed E-state index contributed by atoms with van der Waals surface area (Å²) in [5.74, 6) is 0.889. The minimum Gasteiger partial charge on any atom is -0.496 e. The van der Waals surface area contributed by atoms with Gasteiger partial charge in [-0.05, 0) is 30.2 Å². The third-order valence-electron chi connectivity index (χ3n) is 2.29. The van der Waals surface area contributed by atoms with E-state index in [1.807, 2.05) is 25.1 Å². The lowest BCUT2D eigenvalue weighted by atomic mass is 10.1. The Labute approximate surface area is 84.8 Å². The van der Waals surface area contributed by atoms with Gasteiger partial charge in [-0.3, -0.25) is 0 Å². The highest BCUT2D eigenvalue weighted by Gasteiger charge is 2.09. The Morgan fingerprint density at radius 2 is 2.07 bits per heavy atom. The average Bonchev–Trinajstić information content (AvgIpc) is 2.20. The van der Waals surface area contributed by atoms with Crippen LogP contribution in [0.1, 0.15) is 17.2 Å². The van der Waals surface area contributed by atoms with Crippen molar-refractivity contribution in [3.05, 3.63) is 29.3 Å². The molecule has 3 nitrogen and oxygen atoms in total. The van der Waals surface area contributed by atoms with Crippen molar-refractivity contribution in [2.24, 2.45) is 5.73 Å². The van der Waals surface area contributed by atoms with Crippen molar-refractivity contribution in [3.63, 3.8) is 0 Å². The van der Waals surface area contributed by atoms with Gasteiger partial charge in [-0.25, -0.2) is 0 Å². The molecule has 1 unspecified atom stereocenters. The minimum atomic E-state index is -0.0281. The fraction of sp³-hybridized carbons (Fsp3) is 0.455. The first-order valence-corrected chi connectivity index (χ1v) is 4.60. The second-order valence-corrected chi connectivity index (χ2v) is 3.19. The van der Waals surface area contributed by atoms with Gasteiger partial charge in [0, 0.05) is 13.7 Å². The lowest BCUT2D eigenvalue weighted by molar-refractivity contribution is 0.110. The predicted molar refractivity (Wildman–Crippen MR) is 56.5 cm³/mol. The van der Waals surface area contributed by atoms with Crippen LogP contribution in [-0.4, -0.2) is 20.8 Å². The smallest absolute Gasteiger partial charge is 0.121 e. The molecule has 14 heavy (non-hydrogen) atoms. The Balaban J connectivity index is 2.95. The minimum absolute atomic E-state index is 0.0281. The second-order valence-electron chi connectivity index (χ2n) is 3.19. The van der Waals surface area contributed by atoms with E-state index in [0.717, 1.165) is 16.9 Å². The standard InChI is InChI=1S/C11H17NO2/c1-8-6-9(11(7-12)14-3)4-5-10(8)13-2/h4-6,11H,7,12H2,1-3H3. The zero-order valence-corrected chi connectivity index (χ0v) is 8.91. The van der Waals surface area contributed by atoms with Gasteiger partial charge in [0.2, 0.25) is 0 Å². The Kier molecular flexibility index (Phi) is 3.92. The number of benzene rings is 1. The third-order valence-corrected chi connectivity index (χ3v) is 2.29. The van der Waals surface area contributed by atoms with Crippen molar-refractivity contribution < 1.29 is 9.47 Å². The van der Waals surface area contributed by atoms with Gasteiger partial charge in [-0.1, -0.05) is 6.07 Å². The topological polar surface area (TPSA) is 44.5 Å². The maximum absolute atomic E-state index is 5.58. The molecule has 1 rings (SSSR count). The normalized spacial score (nSPS) is 12.6. The summed E-state index contributed by atoms with van der Waals surface area (Å²) in [5.41, 5.74) is 7.77. The van der Waals surface area contributed by atoms with E-state index in [1.165, 1.54) is 0 Å². The molecule has 0 aliphatic heterocycles. The summed E-state index contributed by atoms with van der Waals surface area (Å²) in [6.07, 6.45) is -0.0281. The predicted octanol–water partition coefficient (Wildman–Crippen LogP) is 1.65. The molecule has 0 aromatic heterocycles. The molecule has 0 saturated heterocycles. The molecule has 1 aromatic carbocycles. The number of hydrogen-bond acceptors (Lipinski definition) is 3. The van der Waals surface area contributed by atoms with E-state index in [1.54, 1.807) is 14.2 Å². The van der Waals surface area contributed by atoms with Crippen molar-refractivity contribution in [1.82, 2.24) is 0 Å². The summed E-state index contributed by atoms with van der Waals surface area (Å²) in [6, 6.07) is 5.96. The summed E-state index contributed by atoms with van der Waals surface area (Å²) >= 11 is 0. The van der Waals surface area contributed by atoms with E-state index < -0.39 is 0 Å². The first-order chi connectivity index (χ1) is 6.72. The molecular weight excluding hydrogens is 178 g/mol. The third kappa shape index (κ3) is 2.25. The van der Waals surface area contributed by atoms with Crippen molar-refractivity contribution in [2.75, 3.05) is 20.8 Å². The molecule has 0 amide bonds. The van der Waals surface area contributed by atoms with Crippen molar-refractivity contribution >= 4 is 0 Å². The van der Waals surface area contributed by atoms with Gasteiger partial charge in [0.05, 0.1) is 13.2 Å². The van der Waals surface area contributed by atoms with Crippen LogP contribution >= 0.6 is 0 Å². The second kappa shape index (κ2) is 4.98. The monoisotopic (exact) mass is 195 g/mol. The van der Waals surface area contributed by atoms with Crippen LogP contribution in [0.3, 0.4) is 0 Å². The van der Waals surface area contributed by atoms with Crippen molar-refractivity contribution in [2.45, 2.75) is 13.0 Å². The fourth-order valence-electron chi connectivity index (χ4n) is 1.47. The van der Waals surface area contributed by atoms with Gasteiger partial charge < -0.3 is 15.2 Å². The maximum atomic E-state index is 5.58. The van der Waals surface area contributed by atoms with E-state index in [9.17, 15) is 0 Å². The van der Waals surface area contributed by atoms with Crippen LogP contribution in [0.2, 0.25) is 0 Å². The Morgan fingerprint density at radius 1 is 1.36 bits per heavy atom. The number of methoxy groups -OCH3 is 2. The van der Waals surface area contributed by atoms with Gasteiger partial charge in [-0.2, -0.15) is 0 Å². The summed E-state index contributed by atoms with van der Waals surface area (Å²) in [6.45, 7) is 2.49. The molecule has 0 spiro atoms. The van der Waals surface area contributed by atoms with Crippen LogP contribution in [0.4, 0.5) is 0 Å². The quantitative estimate of drug-likeness (QED) is 0.794. The van der Waals surface area contributed by atoms with Crippen LogP contribution < -0.4 is 10.5 Å². The van der Waals surface area contributed by atoms with Gasteiger partial charge in [0.25, 0.3) is 0 Å². The molecule has 3 heteroatoms. The molecule has 0 aliphatic rings. The van der Waals surface area contributed by atoms with Crippen LogP contribution in [0.5, 0.6) is 5.75 Å². The summed E-state index contributed by atoms with van der Waals surface area (Å²) in [4.78, 5) is 0. The van der Waals surface area contributed by atoms with Gasteiger partial charge in [0.1, 0.15) is 5.75 Å². The van der Waals surface area contributed by atoms with E-state index >= 15 is 0 Å². The molecule has 0 radical (unpaired) electrons. The molecular formula is C11H17NO2. The van der Waals surface area contributed by atoms with E-state index in [4.69, 9.17) is 15.2 Å². The first-order valence-electron chi connectivity index (χ1n) is 4.60. The van der Waals surface area contributed by atoms with Crippen molar-refractivity contribution in [1.29, 1.82) is 0 Å². The Morgan fingerprint density at radius 3 is 2.50 bits per heavy atom. The molecule has 1 atom stereocenters. The molecule has 0 fully saturated rings. The fourth-order valence-corrected chi connectivity index (χ4v) is 1.47. The Hall–Kier alpha value is -1.06. The maximum Gasteiger partial charge on any atom is 0.121 e. The van der Waals surface area contributed by atoms with Crippen LogP contribution in [-0.2, 0) is 4.74 Å². The molecule has 78 valence electrons. The van der Waals surface area contributed by atoms with Gasteiger partial charge >= 0.3 is 0 Å². The lowest BCUT2D eigenvalue weighted by Crippen LogP contribution is -2.14. The summed E-state index contributed by atoms with van der Waals surface area (Å²) in [5, 5.41) is 0. The molecule has 0 heterocycles. The SMILES string of the molecule is COc1ccc(C(CN)OC)cc1C. The van der Waals surface area contributed by atoms with Crippen LogP contribution in [0, 0.1) is 6.92 Å². The van der Waals surface area contributed by atoms with E-state index in [0.29, 0.717) is 6.54 Å². The number of aryl methyl sites for hydroxylation is 1. The number of hydrogen-bond donors (Lipinski definition) is 1. The number of ether oxygens (including phenoxy) is 2. The van der Waals surface area contributed by atoms with Gasteiger partial charge in [-0.15, -0.1) is 0 Å². The summed E-state index contributed by atoms with van der Waals surface area (Å²) < 4.78 is 10.4. The zero-order valence-electron chi connectivity index (χ0n) is 8.91. The summed E-state index contributed by atoms with van der Waals surface area (Å²) in [7, 11) is 3.33. The molecule has 2 N–H and O–H groups in total. The first kappa shape index (κ1) is 11.0.